The topological polar surface area (TPSA) is 34.1 Å². The van der Waals surface area contributed by atoms with E-state index in [-0.39, 0.29) is 10.8 Å². The predicted molar refractivity (Wildman–Crippen MR) is 106 cm³/mol. The minimum Gasteiger partial charge on any atom is -0.298 e. The highest BCUT2D eigenvalue weighted by atomic mass is 16.1. The zero-order valence-corrected chi connectivity index (χ0v) is 16.0. The molecule has 0 aliphatic heterocycles. The van der Waals surface area contributed by atoms with E-state index in [1.165, 1.54) is 30.4 Å². The van der Waals surface area contributed by atoms with Crippen molar-refractivity contribution in [3.63, 3.8) is 0 Å². The molecule has 1 aliphatic rings. The van der Waals surface area contributed by atoms with Gasteiger partial charge in [-0.25, -0.2) is 0 Å². The summed E-state index contributed by atoms with van der Waals surface area (Å²) in [4.78, 5) is 21.9. The van der Waals surface area contributed by atoms with Gasteiger partial charge in [-0.2, -0.15) is 0 Å². The van der Waals surface area contributed by atoms with Gasteiger partial charge in [0.05, 0.1) is 0 Å². The maximum atomic E-state index is 10.9. The molecule has 2 aromatic carbocycles. The van der Waals surface area contributed by atoms with Crippen molar-refractivity contribution in [3.8, 4) is 0 Å². The van der Waals surface area contributed by atoms with Gasteiger partial charge in [0, 0.05) is 11.1 Å². The Balaban J connectivity index is 1.85. The van der Waals surface area contributed by atoms with Crippen LogP contribution in [0.25, 0.3) is 0 Å². The molecule has 1 saturated carbocycles. The minimum atomic E-state index is 0.0613. The Morgan fingerprint density at radius 3 is 2.00 bits per heavy atom. The van der Waals surface area contributed by atoms with Crippen LogP contribution in [-0.2, 0) is 10.8 Å². The molecule has 1 fully saturated rings. The second-order valence-corrected chi connectivity index (χ2v) is 8.56. The summed E-state index contributed by atoms with van der Waals surface area (Å²) < 4.78 is 0. The number of hydrogen-bond donors (Lipinski definition) is 0. The molecule has 0 heterocycles. The van der Waals surface area contributed by atoms with E-state index in [1.807, 2.05) is 24.3 Å². The molecule has 2 atom stereocenters. The van der Waals surface area contributed by atoms with Gasteiger partial charge in [-0.1, -0.05) is 75.7 Å². The molecule has 2 unspecified atom stereocenters. The van der Waals surface area contributed by atoms with E-state index in [9.17, 15) is 9.59 Å². The van der Waals surface area contributed by atoms with E-state index >= 15 is 0 Å². The fourth-order valence-electron chi connectivity index (χ4n) is 4.56. The van der Waals surface area contributed by atoms with Crippen LogP contribution in [-0.4, -0.2) is 12.6 Å². The van der Waals surface area contributed by atoms with E-state index in [0.29, 0.717) is 5.92 Å². The number of aldehydes is 2. The maximum Gasteiger partial charge on any atom is 0.150 e. The highest BCUT2D eigenvalue weighted by Gasteiger charge is 2.40. The summed E-state index contributed by atoms with van der Waals surface area (Å²) in [5.74, 6) is 0.578. The molecule has 0 aromatic heterocycles. The minimum absolute atomic E-state index is 0.0613. The van der Waals surface area contributed by atoms with Gasteiger partial charge < -0.3 is 0 Å². The highest BCUT2D eigenvalue weighted by Crippen LogP contribution is 2.48. The standard InChI is InChI=1S/C24H28O2/c1-23(2,20-10-6-18(16-25)7-11-20)22-5-4-14-24(3,15-22)21-12-8-19(17-26)9-13-21/h6-13,16-17,22H,4-5,14-15H2,1-3H3. The zero-order valence-electron chi connectivity index (χ0n) is 16.0. The van der Waals surface area contributed by atoms with Crippen LogP contribution in [0.3, 0.4) is 0 Å². The van der Waals surface area contributed by atoms with Crippen molar-refractivity contribution in [2.24, 2.45) is 5.92 Å². The lowest BCUT2D eigenvalue weighted by Crippen LogP contribution is -2.38. The van der Waals surface area contributed by atoms with Crippen molar-refractivity contribution in [3.05, 3.63) is 70.8 Å². The van der Waals surface area contributed by atoms with Crippen molar-refractivity contribution in [1.82, 2.24) is 0 Å². The Kier molecular flexibility index (Phi) is 5.13. The maximum absolute atomic E-state index is 10.9. The Labute approximate surface area is 156 Å². The molecule has 3 rings (SSSR count). The number of carbonyl (C=O) groups is 2. The molecule has 0 saturated heterocycles. The van der Waals surface area contributed by atoms with Gasteiger partial charge in [0.25, 0.3) is 0 Å². The molecule has 0 amide bonds. The van der Waals surface area contributed by atoms with Gasteiger partial charge in [0.15, 0.2) is 0 Å². The summed E-state index contributed by atoms with van der Waals surface area (Å²) in [6.45, 7) is 7.02. The largest absolute Gasteiger partial charge is 0.298 e. The molecular weight excluding hydrogens is 320 g/mol. The summed E-state index contributed by atoms with van der Waals surface area (Å²) in [6.07, 6.45) is 6.57. The van der Waals surface area contributed by atoms with Crippen LogP contribution in [0.2, 0.25) is 0 Å². The normalized spacial score (nSPS) is 23.4. The van der Waals surface area contributed by atoms with Gasteiger partial charge in [-0.3, -0.25) is 9.59 Å². The quantitative estimate of drug-likeness (QED) is 0.646. The zero-order chi connectivity index (χ0) is 18.8. The van der Waals surface area contributed by atoms with Gasteiger partial charge in [-0.05, 0) is 47.1 Å². The third-order valence-corrected chi connectivity index (χ3v) is 6.53. The molecule has 2 aromatic rings. The van der Waals surface area contributed by atoms with E-state index in [0.717, 1.165) is 30.1 Å². The van der Waals surface area contributed by atoms with Crippen LogP contribution in [0.15, 0.2) is 48.5 Å². The molecule has 0 bridgehead atoms. The molecule has 26 heavy (non-hydrogen) atoms. The van der Waals surface area contributed by atoms with Crippen molar-refractivity contribution in [2.45, 2.75) is 57.3 Å². The second-order valence-electron chi connectivity index (χ2n) is 8.56. The second kappa shape index (κ2) is 7.19. The van der Waals surface area contributed by atoms with Crippen molar-refractivity contribution >= 4 is 12.6 Å². The number of rotatable bonds is 5. The Morgan fingerprint density at radius 2 is 1.46 bits per heavy atom. The van der Waals surface area contributed by atoms with Crippen LogP contribution in [0.5, 0.6) is 0 Å². The third-order valence-electron chi connectivity index (χ3n) is 6.53. The molecule has 1 aliphatic carbocycles. The van der Waals surface area contributed by atoms with Crippen LogP contribution in [0.1, 0.15) is 78.3 Å². The monoisotopic (exact) mass is 348 g/mol. The lowest BCUT2D eigenvalue weighted by molar-refractivity contribution is 0.111. The predicted octanol–water partition coefficient (Wildman–Crippen LogP) is 5.74. The molecular formula is C24H28O2. The number of carbonyl (C=O) groups excluding carboxylic acids is 2. The lowest BCUT2D eigenvalue weighted by Gasteiger charge is -2.45. The van der Waals surface area contributed by atoms with E-state index in [4.69, 9.17) is 0 Å². The molecule has 0 N–H and O–H groups in total. The van der Waals surface area contributed by atoms with Crippen LogP contribution >= 0.6 is 0 Å². The molecule has 0 spiro atoms. The van der Waals surface area contributed by atoms with Gasteiger partial charge in [0.1, 0.15) is 12.6 Å². The van der Waals surface area contributed by atoms with E-state index in [2.05, 4.69) is 45.0 Å². The number of benzene rings is 2. The smallest absolute Gasteiger partial charge is 0.150 e. The van der Waals surface area contributed by atoms with Crippen molar-refractivity contribution in [2.75, 3.05) is 0 Å². The van der Waals surface area contributed by atoms with Gasteiger partial charge in [-0.15, -0.1) is 0 Å². The fourth-order valence-corrected chi connectivity index (χ4v) is 4.56. The lowest BCUT2D eigenvalue weighted by atomic mass is 9.59. The van der Waals surface area contributed by atoms with Gasteiger partial charge in [0.2, 0.25) is 0 Å². The summed E-state index contributed by atoms with van der Waals surface area (Å²) in [7, 11) is 0. The van der Waals surface area contributed by atoms with Crippen molar-refractivity contribution < 1.29 is 9.59 Å². The van der Waals surface area contributed by atoms with Gasteiger partial charge >= 0.3 is 0 Å². The SMILES string of the molecule is CC1(c2ccc(C=O)cc2)CCCC(C(C)(C)c2ccc(C=O)cc2)C1. The number of hydrogen-bond acceptors (Lipinski definition) is 2. The highest BCUT2D eigenvalue weighted by molar-refractivity contribution is 5.75. The van der Waals surface area contributed by atoms with E-state index < -0.39 is 0 Å². The Bertz CT molecular complexity index is 719. The third kappa shape index (κ3) is 3.51. The molecule has 2 heteroatoms. The molecule has 0 radical (unpaired) electrons. The first-order valence-electron chi connectivity index (χ1n) is 9.50. The summed E-state index contributed by atoms with van der Waals surface area (Å²) >= 11 is 0. The van der Waals surface area contributed by atoms with E-state index in [1.54, 1.807) is 0 Å². The fraction of sp³-hybridized carbons (Fsp3) is 0.417. The first-order valence-corrected chi connectivity index (χ1v) is 9.50. The summed E-state index contributed by atoms with van der Waals surface area (Å²) in [5.41, 5.74) is 4.30. The van der Waals surface area contributed by atoms with Crippen molar-refractivity contribution in [1.29, 1.82) is 0 Å². The Hall–Kier alpha value is -2.22. The summed E-state index contributed by atoms with van der Waals surface area (Å²) in [6, 6.07) is 16.2. The van der Waals surface area contributed by atoms with Crippen LogP contribution < -0.4 is 0 Å². The summed E-state index contributed by atoms with van der Waals surface area (Å²) in [5, 5.41) is 0. The average Bonchev–Trinajstić information content (AvgIpc) is 2.68. The average molecular weight is 348 g/mol. The first-order chi connectivity index (χ1) is 12.4. The molecule has 2 nitrogen and oxygen atoms in total. The first kappa shape index (κ1) is 18.6. The Morgan fingerprint density at radius 1 is 0.923 bits per heavy atom. The molecule has 136 valence electrons. The van der Waals surface area contributed by atoms with Crippen LogP contribution in [0.4, 0.5) is 0 Å². The van der Waals surface area contributed by atoms with Crippen LogP contribution in [0, 0.1) is 5.92 Å².